The molecule has 0 radical (unpaired) electrons. The number of pyridine rings is 1. The quantitative estimate of drug-likeness (QED) is 0.741. The highest BCUT2D eigenvalue weighted by Crippen LogP contribution is 2.18. The van der Waals surface area contributed by atoms with Crippen molar-refractivity contribution < 1.29 is 4.79 Å². The van der Waals surface area contributed by atoms with Gasteiger partial charge < -0.3 is 11.1 Å². The molecule has 6 nitrogen and oxygen atoms in total. The van der Waals surface area contributed by atoms with E-state index < -0.39 is 0 Å². The van der Waals surface area contributed by atoms with Crippen LogP contribution in [0, 0.1) is 0 Å². The van der Waals surface area contributed by atoms with Gasteiger partial charge in [-0.1, -0.05) is 18.2 Å². The van der Waals surface area contributed by atoms with E-state index in [1.165, 1.54) is 10.9 Å². The molecule has 6 heteroatoms. The van der Waals surface area contributed by atoms with E-state index in [0.29, 0.717) is 17.1 Å². The van der Waals surface area contributed by atoms with Crippen LogP contribution in [0.1, 0.15) is 10.4 Å². The molecule has 2 aromatic heterocycles. The van der Waals surface area contributed by atoms with Crippen LogP contribution in [0.2, 0.25) is 0 Å². The Morgan fingerprint density at radius 3 is 2.85 bits per heavy atom. The average molecular weight is 267 g/mol. The number of benzene rings is 1. The van der Waals surface area contributed by atoms with Crippen molar-refractivity contribution >= 4 is 28.3 Å². The third-order valence-corrected chi connectivity index (χ3v) is 3.08. The van der Waals surface area contributed by atoms with Crippen molar-refractivity contribution in [1.29, 1.82) is 0 Å². The Morgan fingerprint density at radius 2 is 2.10 bits per heavy atom. The molecule has 100 valence electrons. The number of aromatic nitrogens is 3. The number of aryl methyl sites for hydroxylation is 1. The molecule has 1 amide bonds. The van der Waals surface area contributed by atoms with Gasteiger partial charge in [0.25, 0.3) is 5.91 Å². The number of rotatable bonds is 2. The number of nitrogens with one attached hydrogen (secondary N) is 1. The highest BCUT2D eigenvalue weighted by molar-refractivity contribution is 6.07. The largest absolute Gasteiger partial charge is 0.383 e. The topological polar surface area (TPSA) is 85.8 Å². The van der Waals surface area contributed by atoms with E-state index in [1.54, 1.807) is 13.2 Å². The molecule has 0 atom stereocenters. The number of fused-ring (bicyclic) bond motifs is 1. The fraction of sp³-hybridized carbons (Fsp3) is 0.0714. The number of nitrogens with zero attached hydrogens (tertiary/aromatic N) is 3. The Hall–Kier alpha value is -2.89. The van der Waals surface area contributed by atoms with Gasteiger partial charge in [0.15, 0.2) is 0 Å². The van der Waals surface area contributed by atoms with Gasteiger partial charge in [0.1, 0.15) is 11.4 Å². The van der Waals surface area contributed by atoms with Crippen LogP contribution >= 0.6 is 0 Å². The lowest BCUT2D eigenvalue weighted by Gasteiger charge is -2.05. The molecule has 2 heterocycles. The van der Waals surface area contributed by atoms with E-state index >= 15 is 0 Å². The molecule has 0 fully saturated rings. The summed E-state index contributed by atoms with van der Waals surface area (Å²) < 4.78 is 1.45. The van der Waals surface area contributed by atoms with E-state index in [4.69, 9.17) is 5.73 Å². The monoisotopic (exact) mass is 267 g/mol. The second kappa shape index (κ2) is 4.65. The molecule has 0 aliphatic carbocycles. The van der Waals surface area contributed by atoms with Crippen LogP contribution in [-0.4, -0.2) is 20.7 Å². The lowest BCUT2D eigenvalue weighted by Crippen LogP contribution is -2.13. The smallest absolute Gasteiger partial charge is 0.261 e. The summed E-state index contributed by atoms with van der Waals surface area (Å²) in [5, 5.41) is 7.68. The SMILES string of the molecule is Cn1ncc(C(=O)Nc2cnc3ccccc3c2)c1N. The Bertz CT molecular complexity index is 793. The molecule has 0 saturated heterocycles. The number of amides is 1. The lowest BCUT2D eigenvalue weighted by atomic mass is 10.2. The van der Waals surface area contributed by atoms with Crippen molar-refractivity contribution in [2.45, 2.75) is 0 Å². The van der Waals surface area contributed by atoms with E-state index in [-0.39, 0.29) is 5.91 Å². The normalized spacial score (nSPS) is 10.7. The number of nitrogens with two attached hydrogens (primary N) is 1. The van der Waals surface area contributed by atoms with Gasteiger partial charge in [-0.3, -0.25) is 14.5 Å². The molecule has 3 N–H and O–H groups in total. The van der Waals surface area contributed by atoms with E-state index in [0.717, 1.165) is 10.9 Å². The fourth-order valence-corrected chi connectivity index (χ4v) is 1.96. The molecular formula is C14H13N5O. The van der Waals surface area contributed by atoms with Crippen LogP contribution in [0.25, 0.3) is 10.9 Å². The summed E-state index contributed by atoms with van der Waals surface area (Å²) in [4.78, 5) is 16.4. The van der Waals surface area contributed by atoms with Crippen molar-refractivity contribution in [2.75, 3.05) is 11.1 Å². The Kier molecular flexibility index (Phi) is 2.83. The summed E-state index contributed by atoms with van der Waals surface area (Å²) in [6, 6.07) is 9.57. The van der Waals surface area contributed by atoms with E-state index in [2.05, 4.69) is 15.4 Å². The zero-order valence-electron chi connectivity index (χ0n) is 10.9. The Labute approximate surface area is 115 Å². The molecule has 0 bridgehead atoms. The third kappa shape index (κ3) is 2.07. The first-order valence-corrected chi connectivity index (χ1v) is 6.09. The van der Waals surface area contributed by atoms with Crippen LogP contribution in [0.5, 0.6) is 0 Å². The van der Waals surface area contributed by atoms with Gasteiger partial charge in [0.05, 0.1) is 23.6 Å². The van der Waals surface area contributed by atoms with Crippen molar-refractivity contribution in [3.8, 4) is 0 Å². The molecular weight excluding hydrogens is 254 g/mol. The number of nitrogen functional groups attached to an aromatic ring is 1. The summed E-state index contributed by atoms with van der Waals surface area (Å²) in [5.74, 6) is 0.0314. The van der Waals surface area contributed by atoms with Gasteiger partial charge in [-0.2, -0.15) is 5.10 Å². The van der Waals surface area contributed by atoms with Crippen molar-refractivity contribution in [3.05, 3.63) is 48.3 Å². The summed E-state index contributed by atoms with van der Waals surface area (Å²) in [7, 11) is 1.68. The zero-order chi connectivity index (χ0) is 14.1. The Morgan fingerprint density at radius 1 is 1.30 bits per heavy atom. The standard InChI is InChI=1S/C14H13N5O/c1-19-13(15)11(8-17-19)14(20)18-10-6-9-4-2-3-5-12(9)16-7-10/h2-8H,15H2,1H3,(H,18,20). The van der Waals surface area contributed by atoms with Crippen LogP contribution in [0.4, 0.5) is 11.5 Å². The first-order chi connectivity index (χ1) is 9.65. The van der Waals surface area contributed by atoms with Gasteiger partial charge >= 0.3 is 0 Å². The van der Waals surface area contributed by atoms with Gasteiger partial charge in [-0.15, -0.1) is 0 Å². The minimum atomic E-state index is -0.298. The molecule has 3 rings (SSSR count). The van der Waals surface area contributed by atoms with Gasteiger partial charge in [0, 0.05) is 12.4 Å². The molecule has 0 saturated carbocycles. The molecule has 0 unspecified atom stereocenters. The first kappa shape index (κ1) is 12.2. The molecule has 3 aromatic rings. The van der Waals surface area contributed by atoms with E-state index in [9.17, 15) is 4.79 Å². The molecule has 0 aliphatic rings. The number of carbonyl (C=O) groups is 1. The lowest BCUT2D eigenvalue weighted by molar-refractivity contribution is 0.102. The highest BCUT2D eigenvalue weighted by Gasteiger charge is 2.14. The van der Waals surface area contributed by atoms with E-state index in [1.807, 2.05) is 30.3 Å². The summed E-state index contributed by atoms with van der Waals surface area (Å²) in [6.07, 6.45) is 3.06. The number of hydrogen-bond donors (Lipinski definition) is 2. The van der Waals surface area contributed by atoms with Crippen molar-refractivity contribution in [2.24, 2.45) is 7.05 Å². The third-order valence-electron chi connectivity index (χ3n) is 3.08. The number of carbonyl (C=O) groups excluding carboxylic acids is 1. The first-order valence-electron chi connectivity index (χ1n) is 6.09. The van der Waals surface area contributed by atoms with Crippen LogP contribution < -0.4 is 11.1 Å². The van der Waals surface area contributed by atoms with Gasteiger partial charge in [0.2, 0.25) is 0 Å². The summed E-state index contributed by atoms with van der Waals surface area (Å²) in [6.45, 7) is 0. The summed E-state index contributed by atoms with van der Waals surface area (Å²) >= 11 is 0. The summed E-state index contributed by atoms with van der Waals surface area (Å²) in [5.41, 5.74) is 7.62. The minimum absolute atomic E-state index is 0.298. The zero-order valence-corrected chi connectivity index (χ0v) is 10.9. The predicted octanol–water partition coefficient (Wildman–Crippen LogP) is 1.80. The average Bonchev–Trinajstić information content (AvgIpc) is 2.79. The molecule has 0 spiro atoms. The number of hydrogen-bond acceptors (Lipinski definition) is 4. The Balaban J connectivity index is 1.89. The maximum Gasteiger partial charge on any atom is 0.261 e. The van der Waals surface area contributed by atoms with Crippen LogP contribution in [0.3, 0.4) is 0 Å². The highest BCUT2D eigenvalue weighted by atomic mass is 16.1. The molecule has 0 aliphatic heterocycles. The second-order valence-corrected chi connectivity index (χ2v) is 4.44. The minimum Gasteiger partial charge on any atom is -0.383 e. The molecule has 1 aromatic carbocycles. The van der Waals surface area contributed by atoms with Gasteiger partial charge in [-0.05, 0) is 12.1 Å². The molecule has 20 heavy (non-hydrogen) atoms. The van der Waals surface area contributed by atoms with Crippen molar-refractivity contribution in [1.82, 2.24) is 14.8 Å². The predicted molar refractivity (Wildman–Crippen MR) is 77.3 cm³/mol. The van der Waals surface area contributed by atoms with Crippen LogP contribution in [-0.2, 0) is 7.05 Å². The maximum absolute atomic E-state index is 12.1. The maximum atomic E-state index is 12.1. The van der Waals surface area contributed by atoms with Crippen molar-refractivity contribution in [3.63, 3.8) is 0 Å². The second-order valence-electron chi connectivity index (χ2n) is 4.44. The number of para-hydroxylation sites is 1. The fourth-order valence-electron chi connectivity index (χ4n) is 1.96. The number of anilines is 2. The van der Waals surface area contributed by atoms with Gasteiger partial charge in [-0.25, -0.2) is 0 Å². The van der Waals surface area contributed by atoms with Crippen LogP contribution in [0.15, 0.2) is 42.7 Å².